The first-order valence-corrected chi connectivity index (χ1v) is 6.99. The van der Waals surface area contributed by atoms with Crippen molar-refractivity contribution >= 4 is 16.7 Å². The van der Waals surface area contributed by atoms with E-state index >= 15 is 0 Å². The molecule has 0 bridgehead atoms. The van der Waals surface area contributed by atoms with E-state index in [-0.39, 0.29) is 5.41 Å². The van der Waals surface area contributed by atoms with Crippen LogP contribution in [0.15, 0.2) is 0 Å². The average Bonchev–Trinajstić information content (AvgIpc) is 2.63. The van der Waals surface area contributed by atoms with E-state index in [2.05, 4.69) is 54.2 Å². The highest BCUT2D eigenvalue weighted by Crippen LogP contribution is 2.26. The minimum absolute atomic E-state index is 0.0417. The lowest BCUT2D eigenvalue weighted by Gasteiger charge is -2.35. The summed E-state index contributed by atoms with van der Waals surface area (Å²) in [5.41, 5.74) is 0.0417. The van der Waals surface area contributed by atoms with Crippen molar-refractivity contribution in [2.24, 2.45) is 0 Å². The molecule has 17 heavy (non-hydrogen) atoms. The van der Waals surface area contributed by atoms with Gasteiger partial charge in [-0.05, 0) is 13.8 Å². The van der Waals surface area contributed by atoms with Crippen LogP contribution in [0.25, 0.3) is 0 Å². The third-order valence-electron chi connectivity index (χ3n) is 2.91. The first-order valence-electron chi connectivity index (χ1n) is 6.21. The fourth-order valence-corrected chi connectivity index (χ4v) is 3.01. The summed E-state index contributed by atoms with van der Waals surface area (Å²) >= 11 is 1.52. The molecule has 1 saturated heterocycles. The maximum absolute atomic E-state index is 4.68. The molecule has 1 aliphatic heterocycles. The van der Waals surface area contributed by atoms with E-state index in [1.807, 2.05) is 0 Å². The molecule has 2 atom stereocenters. The van der Waals surface area contributed by atoms with Crippen LogP contribution >= 0.6 is 11.5 Å². The third kappa shape index (κ3) is 2.96. The van der Waals surface area contributed by atoms with Gasteiger partial charge in [0.1, 0.15) is 5.82 Å². The van der Waals surface area contributed by atoms with Crippen LogP contribution in [0, 0.1) is 0 Å². The van der Waals surface area contributed by atoms with Crippen molar-refractivity contribution in [3.05, 3.63) is 5.82 Å². The summed E-state index contributed by atoms with van der Waals surface area (Å²) in [6.45, 7) is 12.9. The van der Waals surface area contributed by atoms with Gasteiger partial charge in [-0.3, -0.25) is 0 Å². The van der Waals surface area contributed by atoms with Gasteiger partial charge >= 0.3 is 0 Å². The SMILES string of the molecule is CC1CN(c2nc(C(C)(C)C)ns2)CC(C)N1. The standard InChI is InChI=1S/C12H22N4S/c1-8-6-16(7-9(2)13-8)11-14-10(15-17-11)12(3,4)5/h8-9,13H,6-7H2,1-5H3. The summed E-state index contributed by atoms with van der Waals surface area (Å²) in [7, 11) is 0. The number of rotatable bonds is 1. The highest BCUT2D eigenvalue weighted by atomic mass is 32.1. The molecule has 5 heteroatoms. The molecule has 0 aliphatic carbocycles. The van der Waals surface area contributed by atoms with Gasteiger partial charge in [-0.25, -0.2) is 4.98 Å². The molecule has 0 aromatic carbocycles. The van der Waals surface area contributed by atoms with Crippen molar-refractivity contribution in [3.8, 4) is 0 Å². The lowest BCUT2D eigenvalue weighted by atomic mass is 9.96. The molecule has 1 aromatic rings. The number of hydrogen-bond acceptors (Lipinski definition) is 5. The quantitative estimate of drug-likeness (QED) is 0.832. The maximum Gasteiger partial charge on any atom is 0.205 e. The zero-order valence-electron chi connectivity index (χ0n) is 11.3. The highest BCUT2D eigenvalue weighted by molar-refractivity contribution is 7.09. The highest BCUT2D eigenvalue weighted by Gasteiger charge is 2.26. The van der Waals surface area contributed by atoms with Crippen LogP contribution < -0.4 is 10.2 Å². The van der Waals surface area contributed by atoms with Gasteiger partial charge in [-0.15, -0.1) is 0 Å². The lowest BCUT2D eigenvalue weighted by molar-refractivity contribution is 0.406. The second-order valence-electron chi connectivity index (χ2n) is 6.02. The summed E-state index contributed by atoms with van der Waals surface area (Å²) in [5.74, 6) is 0.955. The van der Waals surface area contributed by atoms with Crippen LogP contribution in [-0.2, 0) is 5.41 Å². The smallest absolute Gasteiger partial charge is 0.205 e. The molecule has 1 aliphatic rings. The summed E-state index contributed by atoms with van der Waals surface area (Å²) in [6.07, 6.45) is 0. The Bertz CT molecular complexity index is 372. The van der Waals surface area contributed by atoms with E-state index in [0.717, 1.165) is 24.0 Å². The first kappa shape index (κ1) is 12.8. The zero-order chi connectivity index (χ0) is 12.6. The Morgan fingerprint density at radius 2 is 1.82 bits per heavy atom. The zero-order valence-corrected chi connectivity index (χ0v) is 12.1. The molecule has 1 N–H and O–H groups in total. The third-order valence-corrected chi connectivity index (χ3v) is 3.69. The Labute approximate surface area is 108 Å². The molecular formula is C12H22N4S. The second-order valence-corrected chi connectivity index (χ2v) is 6.75. The molecule has 2 heterocycles. The van der Waals surface area contributed by atoms with Crippen LogP contribution in [0.5, 0.6) is 0 Å². The van der Waals surface area contributed by atoms with Gasteiger partial charge in [0, 0.05) is 42.1 Å². The topological polar surface area (TPSA) is 41.1 Å². The maximum atomic E-state index is 4.68. The van der Waals surface area contributed by atoms with Crippen LogP contribution in [0.3, 0.4) is 0 Å². The Balaban J connectivity index is 2.14. The number of aromatic nitrogens is 2. The van der Waals surface area contributed by atoms with Gasteiger partial charge in [0.15, 0.2) is 0 Å². The van der Waals surface area contributed by atoms with Crippen molar-refractivity contribution in [2.45, 2.75) is 52.1 Å². The summed E-state index contributed by atoms with van der Waals surface area (Å²) < 4.78 is 4.48. The Morgan fingerprint density at radius 1 is 1.24 bits per heavy atom. The van der Waals surface area contributed by atoms with E-state index in [1.165, 1.54) is 11.5 Å². The molecule has 2 unspecified atom stereocenters. The average molecular weight is 254 g/mol. The molecule has 0 radical (unpaired) electrons. The first-order chi connectivity index (χ1) is 7.86. The number of nitrogens with one attached hydrogen (secondary N) is 1. The molecule has 0 saturated carbocycles. The Morgan fingerprint density at radius 3 is 2.29 bits per heavy atom. The normalized spacial score (nSPS) is 26.3. The summed E-state index contributed by atoms with van der Waals surface area (Å²) in [4.78, 5) is 7.03. The van der Waals surface area contributed by atoms with Crippen LogP contribution in [0.4, 0.5) is 5.13 Å². The van der Waals surface area contributed by atoms with Gasteiger partial charge in [0.05, 0.1) is 0 Å². The molecule has 2 rings (SSSR count). The van der Waals surface area contributed by atoms with Crippen LogP contribution in [0.2, 0.25) is 0 Å². The van der Waals surface area contributed by atoms with Crippen molar-refractivity contribution < 1.29 is 0 Å². The van der Waals surface area contributed by atoms with E-state index < -0.39 is 0 Å². The van der Waals surface area contributed by atoms with Crippen LogP contribution in [-0.4, -0.2) is 34.5 Å². The van der Waals surface area contributed by atoms with E-state index in [0.29, 0.717) is 12.1 Å². The predicted molar refractivity (Wildman–Crippen MR) is 72.9 cm³/mol. The second kappa shape index (κ2) is 4.53. The number of piperazine rings is 1. The fraction of sp³-hybridized carbons (Fsp3) is 0.833. The summed E-state index contributed by atoms with van der Waals surface area (Å²) in [6, 6.07) is 1.03. The molecule has 0 amide bonds. The van der Waals surface area contributed by atoms with E-state index in [4.69, 9.17) is 0 Å². The molecule has 1 aromatic heterocycles. The minimum atomic E-state index is 0.0417. The fourth-order valence-electron chi connectivity index (χ4n) is 2.13. The Kier molecular flexibility index (Phi) is 3.41. The van der Waals surface area contributed by atoms with Gasteiger partial charge < -0.3 is 10.2 Å². The number of hydrogen-bond donors (Lipinski definition) is 1. The van der Waals surface area contributed by atoms with Gasteiger partial charge in [-0.2, -0.15) is 4.37 Å². The van der Waals surface area contributed by atoms with Gasteiger partial charge in [-0.1, -0.05) is 20.8 Å². The van der Waals surface area contributed by atoms with Gasteiger partial charge in [0.2, 0.25) is 5.13 Å². The van der Waals surface area contributed by atoms with E-state index in [9.17, 15) is 0 Å². The Hall–Kier alpha value is -0.680. The largest absolute Gasteiger partial charge is 0.344 e. The molecule has 0 spiro atoms. The molecule has 96 valence electrons. The van der Waals surface area contributed by atoms with Crippen molar-refractivity contribution in [1.29, 1.82) is 0 Å². The number of nitrogens with zero attached hydrogens (tertiary/aromatic N) is 3. The van der Waals surface area contributed by atoms with Crippen molar-refractivity contribution in [2.75, 3.05) is 18.0 Å². The predicted octanol–water partition coefficient (Wildman–Crippen LogP) is 2.02. The van der Waals surface area contributed by atoms with Crippen molar-refractivity contribution in [1.82, 2.24) is 14.7 Å². The van der Waals surface area contributed by atoms with Gasteiger partial charge in [0.25, 0.3) is 0 Å². The summed E-state index contributed by atoms with van der Waals surface area (Å²) in [5, 5.41) is 4.60. The molecular weight excluding hydrogens is 232 g/mol. The lowest BCUT2D eigenvalue weighted by Crippen LogP contribution is -2.54. The minimum Gasteiger partial charge on any atom is -0.344 e. The van der Waals surface area contributed by atoms with Crippen molar-refractivity contribution in [3.63, 3.8) is 0 Å². The van der Waals surface area contributed by atoms with E-state index in [1.54, 1.807) is 0 Å². The monoisotopic (exact) mass is 254 g/mol. The molecule has 4 nitrogen and oxygen atoms in total. The number of anilines is 1. The molecule has 1 fully saturated rings. The van der Waals surface area contributed by atoms with Crippen LogP contribution in [0.1, 0.15) is 40.4 Å².